The van der Waals surface area contributed by atoms with Crippen molar-refractivity contribution in [2.24, 2.45) is 0 Å². The minimum atomic E-state index is -0.817. The van der Waals surface area contributed by atoms with E-state index in [4.69, 9.17) is 5.11 Å². The summed E-state index contributed by atoms with van der Waals surface area (Å²) < 4.78 is 0. The van der Waals surface area contributed by atoms with Gasteiger partial charge in [0.25, 0.3) is 0 Å². The molecule has 1 rings (SSSR count). The second kappa shape index (κ2) is 5.35. The Labute approximate surface area is 90.3 Å². The summed E-state index contributed by atoms with van der Waals surface area (Å²) in [5, 5.41) is 8.90. The molecule has 1 aromatic carbocycles. The van der Waals surface area contributed by atoms with E-state index in [9.17, 15) is 4.79 Å². The van der Waals surface area contributed by atoms with Gasteiger partial charge in [0, 0.05) is 5.57 Å². The van der Waals surface area contributed by atoms with Crippen LogP contribution >= 0.6 is 0 Å². The fourth-order valence-electron chi connectivity index (χ4n) is 1.52. The zero-order valence-corrected chi connectivity index (χ0v) is 9.16. The molecule has 0 fully saturated rings. The van der Waals surface area contributed by atoms with Crippen molar-refractivity contribution in [2.75, 3.05) is 0 Å². The van der Waals surface area contributed by atoms with E-state index < -0.39 is 5.97 Å². The molecule has 1 aromatic rings. The minimum absolute atomic E-state index is 0.473. The number of hydrogen-bond acceptors (Lipinski definition) is 1. The maximum absolute atomic E-state index is 10.8. The van der Waals surface area contributed by atoms with E-state index in [1.54, 1.807) is 6.92 Å². The van der Waals surface area contributed by atoms with Gasteiger partial charge in [-0.1, -0.05) is 42.8 Å². The SMILES string of the molecule is CCC(Cc1ccccc1)=C(C)C(=O)O. The lowest BCUT2D eigenvalue weighted by atomic mass is 9.99. The summed E-state index contributed by atoms with van der Waals surface area (Å²) in [5.74, 6) is -0.817. The molecule has 0 saturated carbocycles. The predicted octanol–water partition coefficient (Wildman–Crippen LogP) is 3.04. The van der Waals surface area contributed by atoms with Crippen LogP contribution in [-0.2, 0) is 11.2 Å². The zero-order chi connectivity index (χ0) is 11.3. The quantitative estimate of drug-likeness (QED) is 0.765. The molecule has 2 nitrogen and oxygen atoms in total. The van der Waals surface area contributed by atoms with E-state index in [0.29, 0.717) is 5.57 Å². The molecule has 0 radical (unpaired) electrons. The van der Waals surface area contributed by atoms with Gasteiger partial charge in [0.05, 0.1) is 0 Å². The summed E-state index contributed by atoms with van der Waals surface area (Å²) in [5.41, 5.74) is 2.63. The highest BCUT2D eigenvalue weighted by Crippen LogP contribution is 2.15. The van der Waals surface area contributed by atoms with E-state index in [-0.39, 0.29) is 0 Å². The van der Waals surface area contributed by atoms with Crippen LogP contribution in [0.3, 0.4) is 0 Å². The fraction of sp³-hybridized carbons (Fsp3) is 0.308. The number of carboxylic acid groups (broad SMARTS) is 1. The van der Waals surface area contributed by atoms with Gasteiger partial charge in [-0.2, -0.15) is 0 Å². The average Bonchev–Trinajstić information content (AvgIpc) is 2.26. The number of hydrogen-bond donors (Lipinski definition) is 1. The first-order chi connectivity index (χ1) is 7.15. The lowest BCUT2D eigenvalue weighted by molar-refractivity contribution is -0.132. The van der Waals surface area contributed by atoms with E-state index in [2.05, 4.69) is 0 Å². The third-order valence-corrected chi connectivity index (χ3v) is 2.54. The smallest absolute Gasteiger partial charge is 0.331 e. The lowest BCUT2D eigenvalue weighted by Crippen LogP contribution is -2.03. The van der Waals surface area contributed by atoms with E-state index in [1.807, 2.05) is 37.3 Å². The van der Waals surface area contributed by atoms with Crippen molar-refractivity contribution in [1.82, 2.24) is 0 Å². The summed E-state index contributed by atoms with van der Waals surface area (Å²) in [6, 6.07) is 9.94. The van der Waals surface area contributed by atoms with Crippen LogP contribution in [-0.4, -0.2) is 11.1 Å². The number of rotatable bonds is 4. The Hall–Kier alpha value is -1.57. The van der Waals surface area contributed by atoms with Gasteiger partial charge < -0.3 is 5.11 Å². The summed E-state index contributed by atoms with van der Waals surface area (Å²) in [7, 11) is 0. The molecule has 0 spiro atoms. The number of benzene rings is 1. The topological polar surface area (TPSA) is 37.3 Å². The molecule has 0 amide bonds. The van der Waals surface area contributed by atoms with E-state index in [1.165, 1.54) is 0 Å². The predicted molar refractivity (Wildman–Crippen MR) is 60.8 cm³/mol. The first kappa shape index (κ1) is 11.5. The molecule has 0 saturated heterocycles. The average molecular weight is 204 g/mol. The first-order valence-electron chi connectivity index (χ1n) is 5.11. The van der Waals surface area contributed by atoms with Crippen LogP contribution in [0, 0.1) is 0 Å². The standard InChI is InChI=1S/C13H16O2/c1-3-12(10(2)13(14)15)9-11-7-5-4-6-8-11/h4-8H,3,9H2,1-2H3,(H,14,15). The van der Waals surface area contributed by atoms with Gasteiger partial charge in [0.15, 0.2) is 0 Å². The van der Waals surface area contributed by atoms with Gasteiger partial charge in [-0.3, -0.25) is 0 Å². The summed E-state index contributed by atoms with van der Waals surface area (Å²) in [6.45, 7) is 3.66. The molecule has 2 heteroatoms. The summed E-state index contributed by atoms with van der Waals surface area (Å²) >= 11 is 0. The molecule has 1 N–H and O–H groups in total. The van der Waals surface area contributed by atoms with Crippen molar-refractivity contribution in [3.8, 4) is 0 Å². The molecule has 80 valence electrons. The highest BCUT2D eigenvalue weighted by Gasteiger charge is 2.07. The van der Waals surface area contributed by atoms with Gasteiger partial charge in [0.2, 0.25) is 0 Å². The molecule has 0 aliphatic rings. The Kier molecular flexibility index (Phi) is 4.10. The van der Waals surface area contributed by atoms with Crippen LogP contribution in [0.2, 0.25) is 0 Å². The zero-order valence-electron chi connectivity index (χ0n) is 9.16. The van der Waals surface area contributed by atoms with Gasteiger partial charge >= 0.3 is 5.97 Å². The Morgan fingerprint density at radius 1 is 1.27 bits per heavy atom. The third kappa shape index (κ3) is 3.24. The van der Waals surface area contributed by atoms with Gasteiger partial charge in [0.1, 0.15) is 0 Å². The van der Waals surface area contributed by atoms with Crippen LogP contribution in [0.15, 0.2) is 41.5 Å². The Morgan fingerprint density at radius 3 is 2.33 bits per heavy atom. The summed E-state index contributed by atoms with van der Waals surface area (Å²) in [4.78, 5) is 10.8. The fourth-order valence-corrected chi connectivity index (χ4v) is 1.52. The molecule has 0 aromatic heterocycles. The number of aliphatic carboxylic acids is 1. The number of carboxylic acids is 1. The first-order valence-corrected chi connectivity index (χ1v) is 5.11. The second-order valence-corrected chi connectivity index (χ2v) is 3.55. The second-order valence-electron chi connectivity index (χ2n) is 3.55. The molecule has 0 heterocycles. The largest absolute Gasteiger partial charge is 0.478 e. The van der Waals surface area contributed by atoms with Crippen LogP contribution in [0.4, 0.5) is 0 Å². The molecule has 0 aliphatic carbocycles. The normalized spacial score (nSPS) is 12.1. The van der Waals surface area contributed by atoms with Gasteiger partial charge in [-0.25, -0.2) is 4.79 Å². The van der Waals surface area contributed by atoms with Crippen LogP contribution in [0.25, 0.3) is 0 Å². The van der Waals surface area contributed by atoms with Gasteiger partial charge in [-0.05, 0) is 25.3 Å². The number of allylic oxidation sites excluding steroid dienone is 1. The van der Waals surface area contributed by atoms with Crippen molar-refractivity contribution >= 4 is 5.97 Å². The number of carbonyl (C=O) groups is 1. The Balaban J connectivity index is 2.88. The van der Waals surface area contributed by atoms with Crippen LogP contribution < -0.4 is 0 Å². The summed E-state index contributed by atoms with van der Waals surface area (Å²) in [6.07, 6.45) is 1.52. The molecule has 0 bridgehead atoms. The van der Waals surface area contributed by atoms with Crippen molar-refractivity contribution in [3.05, 3.63) is 47.0 Å². The van der Waals surface area contributed by atoms with E-state index >= 15 is 0 Å². The Bertz CT molecular complexity index is 363. The molecular formula is C13H16O2. The maximum atomic E-state index is 10.8. The Morgan fingerprint density at radius 2 is 1.87 bits per heavy atom. The van der Waals surface area contributed by atoms with Gasteiger partial charge in [-0.15, -0.1) is 0 Å². The molecule has 0 unspecified atom stereocenters. The monoisotopic (exact) mass is 204 g/mol. The van der Waals surface area contributed by atoms with Crippen LogP contribution in [0.5, 0.6) is 0 Å². The van der Waals surface area contributed by atoms with Crippen molar-refractivity contribution in [3.63, 3.8) is 0 Å². The third-order valence-electron chi connectivity index (χ3n) is 2.54. The molecule has 0 atom stereocenters. The minimum Gasteiger partial charge on any atom is -0.478 e. The van der Waals surface area contributed by atoms with Crippen molar-refractivity contribution in [2.45, 2.75) is 26.7 Å². The highest BCUT2D eigenvalue weighted by molar-refractivity contribution is 5.86. The van der Waals surface area contributed by atoms with Crippen molar-refractivity contribution in [1.29, 1.82) is 0 Å². The lowest BCUT2D eigenvalue weighted by Gasteiger charge is -2.07. The molecule has 15 heavy (non-hydrogen) atoms. The van der Waals surface area contributed by atoms with E-state index in [0.717, 1.165) is 24.0 Å². The molecule has 0 aliphatic heterocycles. The highest BCUT2D eigenvalue weighted by atomic mass is 16.4. The van der Waals surface area contributed by atoms with Crippen LogP contribution in [0.1, 0.15) is 25.8 Å². The maximum Gasteiger partial charge on any atom is 0.331 e. The molecular weight excluding hydrogens is 188 g/mol. The van der Waals surface area contributed by atoms with Crippen molar-refractivity contribution < 1.29 is 9.90 Å².